The van der Waals surface area contributed by atoms with Gasteiger partial charge in [-0.2, -0.15) is 0 Å². The lowest BCUT2D eigenvalue weighted by molar-refractivity contribution is 0.0692. The van der Waals surface area contributed by atoms with Crippen molar-refractivity contribution >= 4 is 5.97 Å². The van der Waals surface area contributed by atoms with Crippen LogP contribution in [0.5, 0.6) is 11.5 Å². The van der Waals surface area contributed by atoms with E-state index in [1.807, 2.05) is 6.92 Å². The molecule has 23 heavy (non-hydrogen) atoms. The largest absolute Gasteiger partial charge is 0.493 e. The molecular weight excluding hydrogens is 299 g/mol. The molecule has 1 N–H and O–H groups in total. The third-order valence-electron chi connectivity index (χ3n) is 3.24. The fourth-order valence-corrected chi connectivity index (χ4v) is 2.17. The van der Waals surface area contributed by atoms with Gasteiger partial charge in [-0.15, -0.1) is 0 Å². The second kappa shape index (κ2) is 7.63. The molecule has 0 fully saturated rings. The van der Waals surface area contributed by atoms with Crippen LogP contribution in [0.1, 0.15) is 30.6 Å². The number of ether oxygens (including phenoxy) is 2. The summed E-state index contributed by atoms with van der Waals surface area (Å²) in [5, 5.41) is 9.29. The molecule has 0 radical (unpaired) electrons. The third kappa shape index (κ3) is 4.00. The molecule has 0 unspecified atom stereocenters. The summed E-state index contributed by atoms with van der Waals surface area (Å²) in [5.41, 5.74) is 1.24. The highest BCUT2D eigenvalue weighted by molar-refractivity contribution is 5.92. The van der Waals surface area contributed by atoms with Crippen molar-refractivity contribution in [3.63, 3.8) is 0 Å². The molecule has 0 aliphatic heterocycles. The average Bonchev–Trinajstić information content (AvgIpc) is 2.54. The van der Waals surface area contributed by atoms with Crippen LogP contribution in [-0.4, -0.2) is 24.3 Å². The lowest BCUT2D eigenvalue weighted by Crippen LogP contribution is -2.03. The molecule has 0 aliphatic rings. The molecule has 0 saturated heterocycles. The predicted molar refractivity (Wildman–Crippen MR) is 85.8 cm³/mol. The average molecular weight is 318 g/mol. The molecule has 0 aliphatic carbocycles. The molecule has 5 heteroatoms. The lowest BCUT2D eigenvalue weighted by Gasteiger charge is -2.11. The second-order valence-corrected chi connectivity index (χ2v) is 4.94. The van der Waals surface area contributed by atoms with Gasteiger partial charge >= 0.3 is 5.97 Å². The van der Waals surface area contributed by atoms with Crippen LogP contribution in [0, 0.1) is 5.82 Å². The number of benzene rings is 2. The highest BCUT2D eigenvalue weighted by atomic mass is 19.1. The van der Waals surface area contributed by atoms with Crippen LogP contribution < -0.4 is 9.47 Å². The maximum absolute atomic E-state index is 14.1. The highest BCUT2D eigenvalue weighted by Gasteiger charge is 2.14. The van der Waals surface area contributed by atoms with Crippen molar-refractivity contribution in [2.24, 2.45) is 0 Å². The van der Waals surface area contributed by atoms with Crippen molar-refractivity contribution in [2.75, 3.05) is 13.2 Å². The van der Waals surface area contributed by atoms with Crippen LogP contribution in [0.3, 0.4) is 0 Å². The third-order valence-corrected chi connectivity index (χ3v) is 3.24. The highest BCUT2D eigenvalue weighted by Crippen LogP contribution is 2.29. The molecule has 122 valence electrons. The lowest BCUT2D eigenvalue weighted by atomic mass is 10.0. The molecule has 0 spiro atoms. The van der Waals surface area contributed by atoms with E-state index in [1.54, 1.807) is 31.2 Å². The van der Waals surface area contributed by atoms with E-state index >= 15 is 0 Å². The first-order chi connectivity index (χ1) is 11.1. The van der Waals surface area contributed by atoms with Crippen LogP contribution in [0.15, 0.2) is 36.4 Å². The summed E-state index contributed by atoms with van der Waals surface area (Å²) in [5.74, 6) is -1.06. The van der Waals surface area contributed by atoms with Crippen LogP contribution in [0.4, 0.5) is 4.39 Å². The number of hydrogen-bond acceptors (Lipinski definition) is 3. The number of carbonyl (C=O) groups is 1. The van der Waals surface area contributed by atoms with Gasteiger partial charge in [0.15, 0.2) is 11.6 Å². The SMILES string of the molecule is CCCOc1ccc(-c2ccc(OCC)c(C(=O)O)c2)cc1F. The quantitative estimate of drug-likeness (QED) is 0.823. The molecule has 0 heterocycles. The van der Waals surface area contributed by atoms with E-state index in [0.29, 0.717) is 30.1 Å². The van der Waals surface area contributed by atoms with Crippen LogP contribution >= 0.6 is 0 Å². The topological polar surface area (TPSA) is 55.8 Å². The van der Waals surface area contributed by atoms with Crippen molar-refractivity contribution in [3.8, 4) is 22.6 Å². The van der Waals surface area contributed by atoms with Gasteiger partial charge in [0.2, 0.25) is 0 Å². The summed E-state index contributed by atoms with van der Waals surface area (Å²) >= 11 is 0. The van der Waals surface area contributed by atoms with E-state index < -0.39 is 11.8 Å². The molecule has 2 aromatic carbocycles. The number of hydrogen-bond donors (Lipinski definition) is 1. The fraction of sp³-hybridized carbons (Fsp3) is 0.278. The molecule has 4 nitrogen and oxygen atoms in total. The van der Waals surface area contributed by atoms with E-state index in [1.165, 1.54) is 12.1 Å². The second-order valence-electron chi connectivity index (χ2n) is 4.94. The van der Waals surface area contributed by atoms with Gasteiger partial charge in [-0.25, -0.2) is 9.18 Å². The van der Waals surface area contributed by atoms with Gasteiger partial charge < -0.3 is 14.6 Å². The molecule has 0 saturated carbocycles. The zero-order valence-corrected chi connectivity index (χ0v) is 13.1. The van der Waals surface area contributed by atoms with Gasteiger partial charge in [-0.1, -0.05) is 19.1 Å². The summed E-state index contributed by atoms with van der Waals surface area (Å²) in [7, 11) is 0. The maximum Gasteiger partial charge on any atom is 0.339 e. The van der Waals surface area contributed by atoms with Crippen LogP contribution in [0.2, 0.25) is 0 Å². The van der Waals surface area contributed by atoms with Crippen molar-refractivity contribution in [2.45, 2.75) is 20.3 Å². The van der Waals surface area contributed by atoms with Gasteiger partial charge in [-0.3, -0.25) is 0 Å². The Morgan fingerprint density at radius 3 is 2.26 bits per heavy atom. The first-order valence-corrected chi connectivity index (χ1v) is 7.49. The Bertz CT molecular complexity index is 697. The van der Waals surface area contributed by atoms with Gasteiger partial charge in [0, 0.05) is 0 Å². The summed E-state index contributed by atoms with van der Waals surface area (Å²) in [4.78, 5) is 11.3. The Morgan fingerprint density at radius 1 is 1.04 bits per heavy atom. The summed E-state index contributed by atoms with van der Waals surface area (Å²) in [6.45, 7) is 4.55. The van der Waals surface area contributed by atoms with Gasteiger partial charge in [0.25, 0.3) is 0 Å². The smallest absolute Gasteiger partial charge is 0.339 e. The van der Waals surface area contributed by atoms with E-state index in [-0.39, 0.29) is 11.3 Å². The minimum atomic E-state index is -1.08. The molecule has 0 atom stereocenters. The number of carboxylic acids is 1. The van der Waals surface area contributed by atoms with Crippen LogP contribution in [0.25, 0.3) is 11.1 Å². The Morgan fingerprint density at radius 2 is 1.70 bits per heavy atom. The van der Waals surface area contributed by atoms with Crippen molar-refractivity contribution in [3.05, 3.63) is 47.8 Å². The molecule has 0 bridgehead atoms. The Balaban J connectivity index is 2.36. The Hall–Kier alpha value is -2.56. The first kappa shape index (κ1) is 16.8. The number of carboxylic acid groups (broad SMARTS) is 1. The Labute approximate surface area is 134 Å². The van der Waals surface area contributed by atoms with Gasteiger partial charge in [0.1, 0.15) is 11.3 Å². The van der Waals surface area contributed by atoms with Gasteiger partial charge in [-0.05, 0) is 48.7 Å². The maximum atomic E-state index is 14.1. The van der Waals surface area contributed by atoms with Crippen LogP contribution in [-0.2, 0) is 0 Å². The fourth-order valence-electron chi connectivity index (χ4n) is 2.17. The van der Waals surface area contributed by atoms with Crippen molar-refractivity contribution < 1.29 is 23.8 Å². The molecule has 2 aromatic rings. The first-order valence-electron chi connectivity index (χ1n) is 7.49. The minimum absolute atomic E-state index is 0.0519. The normalized spacial score (nSPS) is 10.4. The van der Waals surface area contributed by atoms with Crippen molar-refractivity contribution in [1.29, 1.82) is 0 Å². The summed E-state index contributed by atoms with van der Waals surface area (Å²) in [6, 6.07) is 9.37. The van der Waals surface area contributed by atoms with E-state index in [9.17, 15) is 14.3 Å². The number of rotatable bonds is 7. The molecular formula is C18H19FO4. The van der Waals surface area contributed by atoms with Gasteiger partial charge in [0.05, 0.1) is 13.2 Å². The van der Waals surface area contributed by atoms with E-state index in [2.05, 4.69) is 0 Å². The number of halogens is 1. The minimum Gasteiger partial charge on any atom is -0.493 e. The van der Waals surface area contributed by atoms with E-state index in [4.69, 9.17) is 9.47 Å². The summed E-state index contributed by atoms with van der Waals surface area (Å²) < 4.78 is 24.7. The van der Waals surface area contributed by atoms with E-state index in [0.717, 1.165) is 6.42 Å². The monoisotopic (exact) mass is 318 g/mol. The van der Waals surface area contributed by atoms with Crippen molar-refractivity contribution in [1.82, 2.24) is 0 Å². The zero-order valence-electron chi connectivity index (χ0n) is 13.1. The standard InChI is InChI=1S/C18H19FO4/c1-3-9-23-17-8-6-13(11-15(17)19)12-5-7-16(22-4-2)14(10-12)18(20)21/h5-8,10-11H,3-4,9H2,1-2H3,(H,20,21). The molecule has 2 rings (SSSR count). The Kier molecular flexibility index (Phi) is 5.57. The molecule has 0 aromatic heterocycles. The molecule has 0 amide bonds. The zero-order chi connectivity index (χ0) is 16.8. The summed E-state index contributed by atoms with van der Waals surface area (Å²) in [6.07, 6.45) is 0.794. The predicted octanol–water partition coefficient (Wildman–Crippen LogP) is 4.38. The number of aromatic carboxylic acids is 1.